The second-order valence-electron chi connectivity index (χ2n) is 6.23. The Kier molecular flexibility index (Phi) is 3.99. The first-order valence-corrected chi connectivity index (χ1v) is 8.87. The first-order chi connectivity index (χ1) is 12.4. The van der Waals surface area contributed by atoms with Crippen molar-refractivity contribution >= 4 is 23.1 Å². The minimum absolute atomic E-state index is 0.0755. The lowest BCUT2D eigenvalue weighted by Gasteiger charge is -2.25. The van der Waals surface area contributed by atoms with Gasteiger partial charge < -0.3 is 5.73 Å². The van der Waals surface area contributed by atoms with Crippen molar-refractivity contribution in [1.82, 2.24) is 15.0 Å². The zero-order valence-corrected chi connectivity index (χ0v) is 14.6. The Bertz CT molecular complexity index is 1030. The van der Waals surface area contributed by atoms with Gasteiger partial charge in [-0.05, 0) is 37.0 Å². The van der Waals surface area contributed by atoms with E-state index in [-0.39, 0.29) is 24.1 Å². The number of fused-ring (bicyclic) bond motifs is 1. The van der Waals surface area contributed by atoms with Gasteiger partial charge in [-0.3, -0.25) is 4.79 Å². The zero-order valence-electron chi connectivity index (χ0n) is 13.8. The molecule has 0 radical (unpaired) electrons. The number of hydrogen-bond acceptors (Lipinski definition) is 6. The van der Waals surface area contributed by atoms with Crippen LogP contribution in [0, 0.1) is 18.0 Å². The lowest BCUT2D eigenvalue weighted by molar-refractivity contribution is 0.0962. The molecule has 0 saturated heterocycles. The third-order valence-corrected chi connectivity index (χ3v) is 5.17. The molecule has 1 aliphatic carbocycles. The van der Waals surface area contributed by atoms with E-state index in [1.807, 2.05) is 0 Å². The Morgan fingerprint density at radius 2 is 2.00 bits per heavy atom. The van der Waals surface area contributed by atoms with E-state index in [1.54, 1.807) is 13.0 Å². The van der Waals surface area contributed by atoms with E-state index >= 15 is 0 Å². The molecule has 1 unspecified atom stereocenters. The molecule has 26 heavy (non-hydrogen) atoms. The highest BCUT2D eigenvalue weighted by molar-refractivity contribution is 7.08. The van der Waals surface area contributed by atoms with Gasteiger partial charge in [-0.25, -0.2) is 19.3 Å². The largest absolute Gasteiger partial charge is 0.368 e. The molecule has 132 valence electrons. The van der Waals surface area contributed by atoms with E-state index in [0.717, 1.165) is 16.9 Å². The van der Waals surface area contributed by atoms with Gasteiger partial charge in [-0.2, -0.15) is 4.39 Å². The number of rotatable bonds is 2. The van der Waals surface area contributed by atoms with Crippen LogP contribution in [0.5, 0.6) is 0 Å². The molecule has 4 rings (SSSR count). The average Bonchev–Trinajstić information content (AvgIpc) is 3.00. The maximum atomic E-state index is 13.8. The number of benzene rings is 1. The van der Waals surface area contributed by atoms with Gasteiger partial charge in [0.2, 0.25) is 5.95 Å². The number of hydrogen-bond donors (Lipinski definition) is 1. The van der Waals surface area contributed by atoms with Gasteiger partial charge >= 0.3 is 0 Å². The van der Waals surface area contributed by atoms with Crippen LogP contribution >= 0.6 is 11.3 Å². The fourth-order valence-corrected chi connectivity index (χ4v) is 4.04. The molecule has 2 N–H and O–H groups in total. The van der Waals surface area contributed by atoms with Gasteiger partial charge in [-0.1, -0.05) is 17.4 Å². The number of anilines is 1. The first kappa shape index (κ1) is 16.7. The van der Waals surface area contributed by atoms with Crippen molar-refractivity contribution in [1.29, 1.82) is 0 Å². The highest BCUT2D eigenvalue weighted by atomic mass is 32.1. The first-order valence-electron chi connectivity index (χ1n) is 7.99. The summed E-state index contributed by atoms with van der Waals surface area (Å²) in [4.78, 5) is 24.8. The molecular weight excluding hydrogens is 357 g/mol. The number of thiazole rings is 1. The van der Waals surface area contributed by atoms with Crippen molar-refractivity contribution < 1.29 is 13.6 Å². The van der Waals surface area contributed by atoms with E-state index in [1.165, 1.54) is 17.5 Å². The van der Waals surface area contributed by atoms with Gasteiger partial charge in [-0.15, -0.1) is 0 Å². The van der Waals surface area contributed by atoms with Gasteiger partial charge in [0.05, 0.1) is 22.6 Å². The fourth-order valence-electron chi connectivity index (χ4n) is 3.50. The molecule has 1 aliphatic rings. The molecule has 5 nitrogen and oxygen atoms in total. The number of aromatic nitrogens is 3. The zero-order chi connectivity index (χ0) is 18.4. The van der Waals surface area contributed by atoms with E-state index < -0.39 is 11.1 Å². The van der Waals surface area contributed by atoms with Crippen LogP contribution in [0.1, 0.15) is 39.6 Å². The van der Waals surface area contributed by atoms with Crippen LogP contribution in [0.3, 0.4) is 0 Å². The summed E-state index contributed by atoms with van der Waals surface area (Å²) in [7, 11) is 0. The highest BCUT2D eigenvalue weighted by Crippen LogP contribution is 2.38. The summed E-state index contributed by atoms with van der Waals surface area (Å²) in [5, 5.41) is 0.952. The van der Waals surface area contributed by atoms with Crippen LogP contribution in [0.25, 0.3) is 11.3 Å². The molecule has 0 saturated carbocycles. The second-order valence-corrected chi connectivity index (χ2v) is 7.04. The number of Topliss-reactive ketones (excluding diaryl/α,β-unsaturated/α-hetero) is 1. The maximum Gasteiger partial charge on any atom is 0.269 e. The quantitative estimate of drug-likeness (QED) is 0.743. The van der Waals surface area contributed by atoms with Crippen LogP contribution in [0.2, 0.25) is 0 Å². The average molecular weight is 371 g/mol. The predicted molar refractivity (Wildman–Crippen MR) is 94.0 cm³/mol. The minimum atomic E-state index is -0.587. The van der Waals surface area contributed by atoms with E-state index in [0.29, 0.717) is 34.6 Å². The summed E-state index contributed by atoms with van der Waals surface area (Å²) in [6, 6.07) is 4.28. The van der Waals surface area contributed by atoms with Crippen molar-refractivity contribution in [2.45, 2.75) is 25.7 Å². The van der Waals surface area contributed by atoms with Crippen molar-refractivity contribution in [2.75, 3.05) is 5.73 Å². The Hall–Kier alpha value is -2.74. The lowest BCUT2D eigenvalue weighted by atomic mass is 9.79. The third kappa shape index (κ3) is 2.86. The summed E-state index contributed by atoms with van der Waals surface area (Å²) in [5.41, 5.74) is 8.99. The molecule has 8 heteroatoms. The standard InChI is InChI=1S/C18H14F2N4OS/c1-8-16-13(24-18(21)22-8)4-9(5-15(16)25)11-3-2-10(19)6-12(11)14-7-26-17(20)23-14/h2-3,6-7,9H,4-5H2,1H3,(H2,21,22,24)/i20-1. The number of nitrogens with two attached hydrogens (primary N) is 1. The van der Waals surface area contributed by atoms with E-state index in [4.69, 9.17) is 5.73 Å². The number of halogens is 2. The summed E-state index contributed by atoms with van der Waals surface area (Å²) in [6.45, 7) is 1.73. The van der Waals surface area contributed by atoms with Crippen LogP contribution in [-0.2, 0) is 6.42 Å². The van der Waals surface area contributed by atoms with Crippen molar-refractivity contribution in [3.63, 3.8) is 0 Å². The molecule has 2 aromatic heterocycles. The monoisotopic (exact) mass is 371 g/mol. The Morgan fingerprint density at radius 3 is 2.73 bits per heavy atom. The van der Waals surface area contributed by atoms with Crippen LogP contribution in [-0.4, -0.2) is 20.7 Å². The maximum absolute atomic E-state index is 13.8. The normalized spacial score (nSPS) is 16.6. The SMILES string of the molecule is Cc1nc(N)nc2c1C(=O)CC(c1ccc(F)cc1-c1csc([18F])n1)C2. The summed E-state index contributed by atoms with van der Waals surface area (Å²) < 4.78 is 27.2. The Balaban J connectivity index is 1.81. The van der Waals surface area contributed by atoms with Gasteiger partial charge in [0.1, 0.15) is 5.82 Å². The molecule has 2 heterocycles. The number of carbonyl (C=O) groups is 1. The van der Waals surface area contributed by atoms with E-state index in [2.05, 4.69) is 15.0 Å². The van der Waals surface area contributed by atoms with Crippen molar-refractivity contribution in [3.05, 3.63) is 57.2 Å². The molecule has 0 spiro atoms. The molecule has 1 aromatic carbocycles. The smallest absolute Gasteiger partial charge is 0.269 e. The van der Waals surface area contributed by atoms with E-state index in [9.17, 15) is 13.6 Å². The van der Waals surface area contributed by atoms with Crippen molar-refractivity contribution in [3.8, 4) is 11.3 Å². The number of nitrogens with zero attached hydrogens (tertiary/aromatic N) is 3. The highest BCUT2D eigenvalue weighted by Gasteiger charge is 2.31. The number of aryl methyl sites for hydroxylation is 1. The number of ketones is 1. The molecule has 0 aliphatic heterocycles. The molecular formula is C18H14F2N4OS. The van der Waals surface area contributed by atoms with Gasteiger partial charge in [0.15, 0.2) is 5.78 Å². The Morgan fingerprint density at radius 1 is 1.19 bits per heavy atom. The van der Waals surface area contributed by atoms with Gasteiger partial charge in [0, 0.05) is 17.4 Å². The van der Waals surface area contributed by atoms with Crippen molar-refractivity contribution in [2.24, 2.45) is 0 Å². The Labute approximate surface area is 151 Å². The lowest BCUT2D eigenvalue weighted by Crippen LogP contribution is -2.23. The summed E-state index contributed by atoms with van der Waals surface area (Å²) >= 11 is 0.849. The summed E-state index contributed by atoms with van der Waals surface area (Å²) in [5.74, 6) is -0.616. The topological polar surface area (TPSA) is 81.8 Å². The molecule has 0 bridgehead atoms. The predicted octanol–water partition coefficient (Wildman–Crippen LogP) is 3.68. The fraction of sp³-hybridized carbons (Fsp3) is 0.222. The number of carbonyl (C=O) groups excluding carboxylic acids is 1. The van der Waals surface area contributed by atoms with Crippen LogP contribution < -0.4 is 5.73 Å². The van der Waals surface area contributed by atoms with Gasteiger partial charge in [0.25, 0.3) is 5.26 Å². The molecule has 1 atom stereocenters. The van der Waals surface area contributed by atoms with Crippen LogP contribution in [0.15, 0.2) is 23.6 Å². The van der Waals surface area contributed by atoms with Crippen LogP contribution in [0.4, 0.5) is 14.7 Å². The minimum Gasteiger partial charge on any atom is -0.368 e. The molecule has 3 aromatic rings. The number of nitrogen functional groups attached to an aromatic ring is 1. The third-order valence-electron chi connectivity index (χ3n) is 4.54. The second kappa shape index (κ2) is 6.21. The molecule has 0 amide bonds. The molecule has 0 fully saturated rings. The summed E-state index contributed by atoms with van der Waals surface area (Å²) in [6.07, 6.45) is 0.715.